The van der Waals surface area contributed by atoms with Gasteiger partial charge in [0.05, 0.1) is 0 Å². The summed E-state index contributed by atoms with van der Waals surface area (Å²) in [6, 6.07) is 0. The van der Waals surface area contributed by atoms with Crippen LogP contribution in [-0.2, 0) is 9.59 Å². The summed E-state index contributed by atoms with van der Waals surface area (Å²) in [5.74, 6) is 0.204. The van der Waals surface area contributed by atoms with Crippen molar-refractivity contribution in [3.05, 3.63) is 11.8 Å². The molecule has 2 aliphatic rings. The Labute approximate surface area is 108 Å². The van der Waals surface area contributed by atoms with Crippen molar-refractivity contribution in [3.8, 4) is 0 Å². The SMILES string of the molecule is CC(C)C(=O)NCC12CCCC=C1NC(=O)CC2. The molecule has 0 spiro atoms. The summed E-state index contributed by atoms with van der Waals surface area (Å²) in [4.78, 5) is 23.2. The van der Waals surface area contributed by atoms with Gasteiger partial charge >= 0.3 is 0 Å². The third kappa shape index (κ3) is 2.57. The maximum Gasteiger partial charge on any atom is 0.224 e. The van der Waals surface area contributed by atoms with Crippen molar-refractivity contribution >= 4 is 11.8 Å². The van der Waals surface area contributed by atoms with Gasteiger partial charge in [-0.15, -0.1) is 0 Å². The first-order valence-corrected chi connectivity index (χ1v) is 6.82. The number of nitrogens with one attached hydrogen (secondary N) is 2. The van der Waals surface area contributed by atoms with E-state index >= 15 is 0 Å². The molecule has 4 nitrogen and oxygen atoms in total. The van der Waals surface area contributed by atoms with Crippen LogP contribution in [0, 0.1) is 11.3 Å². The zero-order valence-corrected chi connectivity index (χ0v) is 11.2. The van der Waals surface area contributed by atoms with Gasteiger partial charge in [-0.1, -0.05) is 19.9 Å². The molecular weight excluding hydrogens is 228 g/mol. The van der Waals surface area contributed by atoms with E-state index in [1.807, 2.05) is 13.8 Å². The lowest BCUT2D eigenvalue weighted by molar-refractivity contribution is -0.124. The van der Waals surface area contributed by atoms with Gasteiger partial charge in [0.2, 0.25) is 11.8 Å². The molecule has 18 heavy (non-hydrogen) atoms. The fourth-order valence-electron chi connectivity index (χ4n) is 2.78. The maximum absolute atomic E-state index is 11.7. The molecule has 1 saturated heterocycles. The number of allylic oxidation sites excluding steroid dienone is 1. The van der Waals surface area contributed by atoms with Crippen LogP contribution in [0.25, 0.3) is 0 Å². The Morgan fingerprint density at radius 3 is 3.00 bits per heavy atom. The summed E-state index contributed by atoms with van der Waals surface area (Å²) in [5.41, 5.74) is 1.01. The Kier molecular flexibility index (Phi) is 3.73. The summed E-state index contributed by atoms with van der Waals surface area (Å²) in [7, 11) is 0. The van der Waals surface area contributed by atoms with Crippen molar-refractivity contribution in [2.24, 2.45) is 11.3 Å². The summed E-state index contributed by atoms with van der Waals surface area (Å²) < 4.78 is 0. The van der Waals surface area contributed by atoms with Gasteiger partial charge in [0.1, 0.15) is 0 Å². The number of fused-ring (bicyclic) bond motifs is 1. The second kappa shape index (κ2) is 5.12. The monoisotopic (exact) mass is 250 g/mol. The van der Waals surface area contributed by atoms with Gasteiger partial charge in [0.25, 0.3) is 0 Å². The second-order valence-electron chi connectivity index (χ2n) is 5.71. The van der Waals surface area contributed by atoms with Gasteiger partial charge in [-0.25, -0.2) is 0 Å². The fraction of sp³-hybridized carbons (Fsp3) is 0.714. The van der Waals surface area contributed by atoms with Gasteiger partial charge in [0.15, 0.2) is 0 Å². The van der Waals surface area contributed by atoms with Crippen molar-refractivity contribution in [2.45, 2.75) is 46.0 Å². The lowest BCUT2D eigenvalue weighted by Crippen LogP contribution is -2.49. The molecule has 2 N–H and O–H groups in total. The minimum absolute atomic E-state index is 0.00982. The third-order valence-corrected chi connectivity index (χ3v) is 4.01. The standard InChI is InChI=1S/C14H22N2O2/c1-10(2)13(18)15-9-14-7-4-3-5-11(14)16-12(17)6-8-14/h5,10H,3-4,6-9H2,1-2H3,(H,15,18)(H,16,17). The number of rotatable bonds is 3. The summed E-state index contributed by atoms with van der Waals surface area (Å²) in [6.45, 7) is 4.44. The maximum atomic E-state index is 11.7. The van der Waals surface area contributed by atoms with Crippen LogP contribution in [0.3, 0.4) is 0 Å². The van der Waals surface area contributed by atoms with E-state index in [4.69, 9.17) is 0 Å². The van der Waals surface area contributed by atoms with E-state index in [0.29, 0.717) is 13.0 Å². The van der Waals surface area contributed by atoms with Crippen LogP contribution in [0.4, 0.5) is 0 Å². The molecular formula is C14H22N2O2. The Balaban J connectivity index is 2.07. The topological polar surface area (TPSA) is 58.2 Å². The highest BCUT2D eigenvalue weighted by molar-refractivity contribution is 5.80. The highest BCUT2D eigenvalue weighted by atomic mass is 16.2. The Hall–Kier alpha value is -1.32. The third-order valence-electron chi connectivity index (χ3n) is 4.01. The highest BCUT2D eigenvalue weighted by Gasteiger charge is 2.40. The van der Waals surface area contributed by atoms with Crippen LogP contribution in [0.15, 0.2) is 11.8 Å². The number of carbonyl (C=O) groups is 2. The van der Waals surface area contributed by atoms with E-state index in [-0.39, 0.29) is 23.1 Å². The average molecular weight is 250 g/mol. The predicted molar refractivity (Wildman–Crippen MR) is 69.6 cm³/mol. The quantitative estimate of drug-likeness (QED) is 0.801. The molecule has 0 aromatic rings. The first kappa shape index (κ1) is 13.1. The number of amides is 2. The zero-order valence-electron chi connectivity index (χ0n) is 11.2. The summed E-state index contributed by atoms with van der Waals surface area (Å²) in [5, 5.41) is 6.01. The van der Waals surface area contributed by atoms with Crippen LogP contribution in [-0.4, -0.2) is 18.4 Å². The van der Waals surface area contributed by atoms with Crippen molar-refractivity contribution in [3.63, 3.8) is 0 Å². The first-order valence-electron chi connectivity index (χ1n) is 6.82. The van der Waals surface area contributed by atoms with Crippen LogP contribution in [0.1, 0.15) is 46.0 Å². The van der Waals surface area contributed by atoms with Gasteiger partial charge in [-0.2, -0.15) is 0 Å². The van der Waals surface area contributed by atoms with E-state index < -0.39 is 0 Å². The minimum Gasteiger partial charge on any atom is -0.355 e. The lowest BCUT2D eigenvalue weighted by Gasteiger charge is -2.42. The van der Waals surface area contributed by atoms with E-state index in [1.165, 1.54) is 0 Å². The van der Waals surface area contributed by atoms with Crippen molar-refractivity contribution in [1.29, 1.82) is 0 Å². The molecule has 2 amide bonds. The number of carbonyl (C=O) groups excluding carboxylic acids is 2. The molecule has 0 bridgehead atoms. The molecule has 0 saturated carbocycles. The van der Waals surface area contributed by atoms with E-state index in [9.17, 15) is 9.59 Å². The van der Waals surface area contributed by atoms with Gasteiger partial charge in [-0.3, -0.25) is 9.59 Å². The molecule has 1 fully saturated rings. The predicted octanol–water partition coefficient (Wildman–Crippen LogP) is 1.72. The molecule has 0 radical (unpaired) electrons. The lowest BCUT2D eigenvalue weighted by atomic mass is 9.70. The first-order chi connectivity index (χ1) is 8.53. The summed E-state index contributed by atoms with van der Waals surface area (Å²) >= 11 is 0. The highest BCUT2D eigenvalue weighted by Crippen LogP contribution is 2.42. The Bertz CT molecular complexity index is 387. The zero-order chi connectivity index (χ0) is 13.2. The second-order valence-corrected chi connectivity index (χ2v) is 5.71. The molecule has 100 valence electrons. The molecule has 1 unspecified atom stereocenters. The van der Waals surface area contributed by atoms with Crippen molar-refractivity contribution < 1.29 is 9.59 Å². The Morgan fingerprint density at radius 2 is 2.28 bits per heavy atom. The molecule has 1 heterocycles. The van der Waals surface area contributed by atoms with Crippen LogP contribution < -0.4 is 10.6 Å². The molecule has 2 rings (SSSR count). The van der Waals surface area contributed by atoms with Crippen LogP contribution >= 0.6 is 0 Å². The number of hydrogen-bond acceptors (Lipinski definition) is 2. The normalized spacial score (nSPS) is 27.3. The largest absolute Gasteiger partial charge is 0.355 e. The molecule has 4 heteroatoms. The average Bonchev–Trinajstić information content (AvgIpc) is 2.36. The van der Waals surface area contributed by atoms with Gasteiger partial charge in [-0.05, 0) is 25.7 Å². The van der Waals surface area contributed by atoms with Crippen molar-refractivity contribution in [1.82, 2.24) is 10.6 Å². The molecule has 1 atom stereocenters. The van der Waals surface area contributed by atoms with Crippen molar-refractivity contribution in [2.75, 3.05) is 6.54 Å². The minimum atomic E-state index is -0.0310. The summed E-state index contributed by atoms with van der Waals surface area (Å²) in [6.07, 6.45) is 6.75. The van der Waals surface area contributed by atoms with Crippen LogP contribution in [0.2, 0.25) is 0 Å². The number of hydrogen-bond donors (Lipinski definition) is 2. The Morgan fingerprint density at radius 1 is 1.50 bits per heavy atom. The number of piperidine rings is 1. The van der Waals surface area contributed by atoms with Gasteiger partial charge in [0, 0.05) is 30.0 Å². The van der Waals surface area contributed by atoms with Crippen LogP contribution in [0.5, 0.6) is 0 Å². The fourth-order valence-corrected chi connectivity index (χ4v) is 2.78. The van der Waals surface area contributed by atoms with E-state index in [1.54, 1.807) is 0 Å². The van der Waals surface area contributed by atoms with E-state index in [2.05, 4.69) is 16.7 Å². The smallest absolute Gasteiger partial charge is 0.224 e. The molecule has 0 aromatic heterocycles. The molecule has 1 aliphatic carbocycles. The van der Waals surface area contributed by atoms with E-state index in [0.717, 1.165) is 31.4 Å². The van der Waals surface area contributed by atoms with Gasteiger partial charge < -0.3 is 10.6 Å². The molecule has 0 aromatic carbocycles. The molecule has 1 aliphatic heterocycles.